The summed E-state index contributed by atoms with van der Waals surface area (Å²) in [7, 11) is 0. The van der Waals surface area contributed by atoms with Crippen molar-refractivity contribution >= 4 is 38.5 Å². The number of anilines is 1. The topological polar surface area (TPSA) is 87.7 Å². The molecule has 0 saturated carbocycles. The number of H-pyrrole nitrogens is 1. The molecule has 10 heteroatoms. The Morgan fingerprint density at radius 3 is 2.69 bits per heavy atom. The van der Waals surface area contributed by atoms with E-state index in [0.29, 0.717) is 35.9 Å². The second kappa shape index (κ2) is 11.6. The summed E-state index contributed by atoms with van der Waals surface area (Å²) in [6.45, 7) is 6.90. The Hall–Kier alpha value is -4.25. The lowest BCUT2D eigenvalue weighted by Crippen LogP contribution is -2.39. The largest absolute Gasteiger partial charge is 0.379 e. The van der Waals surface area contributed by atoms with E-state index in [1.54, 1.807) is 12.3 Å². The van der Waals surface area contributed by atoms with E-state index in [1.165, 1.54) is 12.1 Å². The maximum atomic E-state index is 14.5. The number of aromatic amines is 1. The predicted octanol–water partition coefficient (Wildman–Crippen LogP) is 4.17. The Kier molecular flexibility index (Phi) is 7.33. The number of pyridine rings is 1. The molecule has 0 radical (unpaired) electrons. The summed E-state index contributed by atoms with van der Waals surface area (Å²) in [6, 6.07) is 16.8. The van der Waals surface area contributed by atoms with E-state index in [-0.39, 0.29) is 11.4 Å². The molecule has 0 amide bonds. The number of imidazole rings is 1. The Bertz CT molecular complexity index is 1830. The van der Waals surface area contributed by atoms with Crippen molar-refractivity contribution in [2.75, 3.05) is 57.4 Å². The van der Waals surface area contributed by atoms with Crippen LogP contribution in [0.15, 0.2) is 77.4 Å². The van der Waals surface area contributed by atoms with Crippen molar-refractivity contribution in [3.8, 4) is 0 Å². The number of hydrogen-bond acceptors (Lipinski definition) is 7. The highest BCUT2D eigenvalue weighted by atomic mass is 19.1. The van der Waals surface area contributed by atoms with Gasteiger partial charge in [0.2, 0.25) is 5.95 Å². The molecule has 1 fully saturated rings. The molecule has 2 aliphatic heterocycles. The highest BCUT2D eigenvalue weighted by Crippen LogP contribution is 2.37. The Balaban J connectivity index is 1.24. The molecule has 9 nitrogen and oxygen atoms in total. The first-order valence-corrected chi connectivity index (χ1v) is 14.4. The molecule has 0 unspecified atom stereocenters. The standard InChI is InChI=1S/C32H33FN6O3/c33-23-6-7-25-27(20-23)28-26(8-11-34-31(28)40)29-30(25)39(21-22-4-2-1-3-5-22)32(35-29)38-12-9-24(10-13-38)36-42-19-16-37-14-17-41-18-15-37/h1-9,11,20,36H,10,12-19,21H2,(H,34,40). The number of nitrogens with one attached hydrogen (secondary N) is 2. The maximum Gasteiger partial charge on any atom is 0.256 e. The van der Waals surface area contributed by atoms with Crippen molar-refractivity contribution in [1.29, 1.82) is 0 Å². The molecule has 0 atom stereocenters. The van der Waals surface area contributed by atoms with Gasteiger partial charge in [-0.05, 0) is 35.9 Å². The zero-order valence-corrected chi connectivity index (χ0v) is 23.3. The van der Waals surface area contributed by atoms with Crippen LogP contribution in [0.1, 0.15) is 12.0 Å². The average Bonchev–Trinajstić information content (AvgIpc) is 3.40. The van der Waals surface area contributed by atoms with Gasteiger partial charge in [0.15, 0.2) is 0 Å². The van der Waals surface area contributed by atoms with E-state index >= 15 is 0 Å². The van der Waals surface area contributed by atoms with E-state index in [1.807, 2.05) is 24.3 Å². The van der Waals surface area contributed by atoms with Crippen LogP contribution >= 0.6 is 0 Å². The van der Waals surface area contributed by atoms with Crippen LogP contribution in [0.3, 0.4) is 0 Å². The molecule has 0 spiro atoms. The zero-order valence-electron chi connectivity index (χ0n) is 23.3. The lowest BCUT2D eigenvalue weighted by molar-refractivity contribution is 0.00296. The second-order valence-electron chi connectivity index (χ2n) is 10.8. The van der Waals surface area contributed by atoms with Gasteiger partial charge in [-0.3, -0.25) is 20.0 Å². The molecule has 2 aromatic heterocycles. The number of nitrogens with zero attached hydrogens (tertiary/aromatic N) is 4. The average molecular weight is 569 g/mol. The minimum atomic E-state index is -0.380. The van der Waals surface area contributed by atoms with Crippen molar-refractivity contribution in [2.45, 2.75) is 13.0 Å². The molecule has 2 aliphatic rings. The molecule has 0 bridgehead atoms. The third-order valence-corrected chi connectivity index (χ3v) is 8.16. The quantitative estimate of drug-likeness (QED) is 0.165. The van der Waals surface area contributed by atoms with Gasteiger partial charge in [-0.2, -0.15) is 0 Å². The highest BCUT2D eigenvalue weighted by Gasteiger charge is 2.24. The minimum absolute atomic E-state index is 0.255. The summed E-state index contributed by atoms with van der Waals surface area (Å²) >= 11 is 0. The predicted molar refractivity (Wildman–Crippen MR) is 162 cm³/mol. The van der Waals surface area contributed by atoms with Crippen LogP contribution in [0.4, 0.5) is 10.3 Å². The summed E-state index contributed by atoms with van der Waals surface area (Å²) < 4.78 is 22.1. The van der Waals surface area contributed by atoms with E-state index in [0.717, 1.165) is 79.4 Å². The first-order chi connectivity index (χ1) is 20.7. The van der Waals surface area contributed by atoms with Gasteiger partial charge >= 0.3 is 0 Å². The Labute approximate surface area is 242 Å². The summed E-state index contributed by atoms with van der Waals surface area (Å²) in [5.41, 5.74) is 6.70. The number of morpholine rings is 1. The molecular formula is C32H33FN6O3. The van der Waals surface area contributed by atoms with E-state index in [4.69, 9.17) is 14.6 Å². The number of hydroxylamine groups is 1. The first kappa shape index (κ1) is 26.6. The Morgan fingerprint density at radius 1 is 1.02 bits per heavy atom. The lowest BCUT2D eigenvalue weighted by Gasteiger charge is -2.29. The van der Waals surface area contributed by atoms with Crippen LogP contribution < -0.4 is 15.9 Å². The van der Waals surface area contributed by atoms with Gasteiger partial charge in [-0.15, -0.1) is 0 Å². The summed E-state index contributed by atoms with van der Waals surface area (Å²) in [5.74, 6) is 0.435. The van der Waals surface area contributed by atoms with Gasteiger partial charge < -0.3 is 19.2 Å². The number of hydrogen-bond donors (Lipinski definition) is 2. The van der Waals surface area contributed by atoms with Crippen molar-refractivity contribution < 1.29 is 14.0 Å². The fourth-order valence-corrected chi connectivity index (χ4v) is 6.02. The molecule has 42 heavy (non-hydrogen) atoms. The van der Waals surface area contributed by atoms with Gasteiger partial charge in [0.25, 0.3) is 5.56 Å². The zero-order chi connectivity index (χ0) is 28.5. The fraction of sp³-hybridized carbons (Fsp3) is 0.312. The van der Waals surface area contributed by atoms with Crippen LogP contribution in [0.5, 0.6) is 0 Å². The fourth-order valence-electron chi connectivity index (χ4n) is 6.02. The van der Waals surface area contributed by atoms with Gasteiger partial charge in [0.05, 0.1) is 42.8 Å². The third kappa shape index (κ3) is 5.13. The summed E-state index contributed by atoms with van der Waals surface area (Å²) in [5, 5.41) is 2.55. The van der Waals surface area contributed by atoms with E-state index in [2.05, 4.69) is 43.0 Å². The molecule has 216 valence electrons. The minimum Gasteiger partial charge on any atom is -0.379 e. The van der Waals surface area contributed by atoms with Crippen molar-refractivity contribution in [3.63, 3.8) is 0 Å². The lowest BCUT2D eigenvalue weighted by atomic mass is 10.0. The SMILES string of the molecule is O=c1[nH]ccc2c3nc(N4CC=C(NOCCN5CCOCC5)CC4)n(Cc4ccccc4)c3c3ccc(F)cc3c12. The molecule has 0 aliphatic carbocycles. The number of benzene rings is 3. The van der Waals surface area contributed by atoms with Crippen LogP contribution in [-0.2, 0) is 16.1 Å². The van der Waals surface area contributed by atoms with Gasteiger partial charge in [-0.1, -0.05) is 30.3 Å². The number of ether oxygens (including phenoxy) is 1. The number of aromatic nitrogens is 3. The first-order valence-electron chi connectivity index (χ1n) is 14.4. The molecule has 7 rings (SSSR count). The Morgan fingerprint density at radius 2 is 1.88 bits per heavy atom. The van der Waals surface area contributed by atoms with E-state index < -0.39 is 0 Å². The normalized spacial score (nSPS) is 16.4. The van der Waals surface area contributed by atoms with Crippen molar-refractivity contribution in [2.24, 2.45) is 0 Å². The molecule has 3 aromatic carbocycles. The highest BCUT2D eigenvalue weighted by molar-refractivity contribution is 6.23. The summed E-state index contributed by atoms with van der Waals surface area (Å²) in [6.07, 6.45) is 4.55. The smallest absolute Gasteiger partial charge is 0.256 e. The molecular weight excluding hydrogens is 535 g/mol. The van der Waals surface area contributed by atoms with Gasteiger partial charge in [-0.25, -0.2) is 9.37 Å². The molecule has 2 N–H and O–H groups in total. The maximum absolute atomic E-state index is 14.5. The van der Waals surface area contributed by atoms with Crippen LogP contribution in [0, 0.1) is 5.82 Å². The monoisotopic (exact) mass is 568 g/mol. The molecule has 5 aromatic rings. The van der Waals surface area contributed by atoms with Gasteiger partial charge in [0, 0.05) is 67.2 Å². The number of fused-ring (bicyclic) bond motifs is 6. The van der Waals surface area contributed by atoms with Crippen LogP contribution in [0.2, 0.25) is 0 Å². The second-order valence-corrected chi connectivity index (χ2v) is 10.8. The molecule has 4 heterocycles. The summed E-state index contributed by atoms with van der Waals surface area (Å²) in [4.78, 5) is 31.3. The third-order valence-electron chi connectivity index (χ3n) is 8.16. The van der Waals surface area contributed by atoms with Crippen LogP contribution in [0.25, 0.3) is 32.6 Å². The number of halogens is 1. The van der Waals surface area contributed by atoms with E-state index in [9.17, 15) is 9.18 Å². The van der Waals surface area contributed by atoms with Crippen molar-refractivity contribution in [1.82, 2.24) is 24.9 Å². The van der Waals surface area contributed by atoms with Gasteiger partial charge in [0.1, 0.15) is 5.82 Å². The van der Waals surface area contributed by atoms with Crippen molar-refractivity contribution in [3.05, 3.63) is 94.3 Å². The number of rotatable bonds is 8. The van der Waals surface area contributed by atoms with Crippen LogP contribution in [-0.4, -0.2) is 72.0 Å². The molecule has 1 saturated heterocycles.